The summed E-state index contributed by atoms with van der Waals surface area (Å²) in [6.45, 7) is 3.98. The van der Waals surface area contributed by atoms with Gasteiger partial charge in [-0.2, -0.15) is 13.2 Å². The number of fused-ring (bicyclic) bond motifs is 1. The molecule has 0 unspecified atom stereocenters. The number of H-pyrrole nitrogens is 1. The molecule has 4 rings (SSSR count). The van der Waals surface area contributed by atoms with E-state index in [0.717, 1.165) is 46.3 Å². The Morgan fingerprint density at radius 1 is 0.925 bits per heavy atom. The zero-order valence-corrected chi connectivity index (χ0v) is 22.7. The van der Waals surface area contributed by atoms with Crippen LogP contribution in [0.15, 0.2) is 79.0 Å². The van der Waals surface area contributed by atoms with Gasteiger partial charge in [-0.25, -0.2) is 0 Å². The largest absolute Gasteiger partial charge is 0.496 e. The van der Waals surface area contributed by atoms with Crippen molar-refractivity contribution in [2.75, 3.05) is 20.2 Å². The Labute approximate surface area is 231 Å². The van der Waals surface area contributed by atoms with Crippen molar-refractivity contribution in [3.05, 3.63) is 101 Å². The number of halogens is 3. The molecular weight excluding hydrogens is 519 g/mol. The van der Waals surface area contributed by atoms with Crippen LogP contribution >= 0.6 is 0 Å². The maximum Gasteiger partial charge on any atom is 0.416 e. The molecule has 2 amide bonds. The fourth-order valence-electron chi connectivity index (χ4n) is 4.63. The number of nitrogens with zero attached hydrogens (tertiary/aromatic N) is 2. The molecule has 40 heavy (non-hydrogen) atoms. The van der Waals surface area contributed by atoms with Gasteiger partial charge in [0.1, 0.15) is 12.3 Å². The highest BCUT2D eigenvalue weighted by molar-refractivity contribution is 5.96. The summed E-state index contributed by atoms with van der Waals surface area (Å²) in [5.74, 6) is -0.139. The van der Waals surface area contributed by atoms with E-state index in [9.17, 15) is 22.8 Å². The molecule has 210 valence electrons. The van der Waals surface area contributed by atoms with Crippen molar-refractivity contribution in [2.24, 2.45) is 0 Å². The first-order valence-corrected chi connectivity index (χ1v) is 13.0. The third kappa shape index (κ3) is 6.65. The molecule has 0 saturated heterocycles. The Balaban J connectivity index is 1.56. The number of hydrogen-bond donors (Lipinski definition) is 1. The molecule has 1 aromatic heterocycles. The average Bonchev–Trinajstić information content (AvgIpc) is 3.36. The summed E-state index contributed by atoms with van der Waals surface area (Å²) in [4.78, 5) is 33.4. The van der Waals surface area contributed by atoms with E-state index in [-0.39, 0.29) is 30.6 Å². The van der Waals surface area contributed by atoms with Gasteiger partial charge in [0.2, 0.25) is 5.91 Å². The lowest BCUT2D eigenvalue weighted by atomic mass is 10.1. The fraction of sp³-hybridized carbons (Fsp3) is 0.290. The van der Waals surface area contributed by atoms with Crippen LogP contribution in [-0.4, -0.2) is 52.8 Å². The van der Waals surface area contributed by atoms with Crippen LogP contribution in [0.5, 0.6) is 5.75 Å². The summed E-state index contributed by atoms with van der Waals surface area (Å²) in [7, 11) is 1.57. The molecule has 6 nitrogen and oxygen atoms in total. The lowest BCUT2D eigenvalue weighted by molar-refractivity contribution is -0.137. The van der Waals surface area contributed by atoms with E-state index in [1.165, 1.54) is 4.90 Å². The predicted molar refractivity (Wildman–Crippen MR) is 148 cm³/mol. The van der Waals surface area contributed by atoms with Gasteiger partial charge in [0.05, 0.1) is 12.7 Å². The predicted octanol–water partition coefficient (Wildman–Crippen LogP) is 6.32. The first kappa shape index (κ1) is 28.7. The van der Waals surface area contributed by atoms with Crippen LogP contribution in [0.2, 0.25) is 0 Å². The Kier molecular flexibility index (Phi) is 8.82. The molecule has 0 aliphatic heterocycles. The Hall–Kier alpha value is -4.27. The molecule has 3 aromatic carbocycles. The summed E-state index contributed by atoms with van der Waals surface area (Å²) >= 11 is 0. The van der Waals surface area contributed by atoms with Crippen LogP contribution in [0.4, 0.5) is 13.2 Å². The number of aromatic nitrogens is 1. The maximum absolute atomic E-state index is 13.7. The van der Waals surface area contributed by atoms with Gasteiger partial charge in [-0.1, -0.05) is 36.4 Å². The van der Waals surface area contributed by atoms with Crippen LogP contribution < -0.4 is 4.74 Å². The van der Waals surface area contributed by atoms with Crippen LogP contribution in [0.1, 0.15) is 40.9 Å². The van der Waals surface area contributed by atoms with Crippen LogP contribution in [0, 0.1) is 0 Å². The van der Waals surface area contributed by atoms with E-state index in [2.05, 4.69) is 4.98 Å². The third-order valence-corrected chi connectivity index (χ3v) is 6.88. The molecule has 0 spiro atoms. The molecule has 1 N–H and O–H groups in total. The van der Waals surface area contributed by atoms with Crippen molar-refractivity contribution in [1.29, 1.82) is 0 Å². The molecule has 0 bridgehead atoms. The molecule has 0 radical (unpaired) electrons. The van der Waals surface area contributed by atoms with Crippen molar-refractivity contribution in [3.63, 3.8) is 0 Å². The summed E-state index contributed by atoms with van der Waals surface area (Å²) in [5.41, 5.74) is 2.15. The number of methoxy groups -OCH3 is 1. The SMILES string of the molecule is COc1ccccc1CN(CCc1c[nH]c2ccccc12)C(=O)CN(C(=O)c1ccc(C(F)(F)F)cc1)C(C)C. The van der Waals surface area contributed by atoms with Crippen molar-refractivity contribution in [1.82, 2.24) is 14.8 Å². The van der Waals surface area contributed by atoms with Gasteiger partial charge < -0.3 is 19.5 Å². The first-order valence-electron chi connectivity index (χ1n) is 13.0. The molecule has 4 aromatic rings. The highest BCUT2D eigenvalue weighted by atomic mass is 19.4. The first-order chi connectivity index (χ1) is 19.1. The van der Waals surface area contributed by atoms with Gasteiger partial charge in [0, 0.05) is 47.4 Å². The van der Waals surface area contributed by atoms with Crippen molar-refractivity contribution < 1.29 is 27.5 Å². The van der Waals surface area contributed by atoms with Crippen LogP contribution in [0.25, 0.3) is 10.9 Å². The van der Waals surface area contributed by atoms with Gasteiger partial charge in [0.15, 0.2) is 0 Å². The summed E-state index contributed by atoms with van der Waals surface area (Å²) in [6, 6.07) is 19.1. The van der Waals surface area contributed by atoms with Crippen LogP contribution in [-0.2, 0) is 23.9 Å². The smallest absolute Gasteiger partial charge is 0.416 e. The number of benzene rings is 3. The van der Waals surface area contributed by atoms with Gasteiger partial charge in [-0.05, 0) is 62.2 Å². The minimum Gasteiger partial charge on any atom is -0.496 e. The number of carbonyl (C=O) groups excluding carboxylic acids is 2. The number of alkyl halides is 3. The second-order valence-corrected chi connectivity index (χ2v) is 9.84. The zero-order chi connectivity index (χ0) is 28.9. The van der Waals surface area contributed by atoms with Gasteiger partial charge in [-0.15, -0.1) is 0 Å². The lowest BCUT2D eigenvalue weighted by Gasteiger charge is -2.30. The summed E-state index contributed by atoms with van der Waals surface area (Å²) < 4.78 is 44.5. The van der Waals surface area contributed by atoms with E-state index < -0.39 is 17.6 Å². The summed E-state index contributed by atoms with van der Waals surface area (Å²) in [6.07, 6.45) is -1.98. The number of rotatable bonds is 10. The van der Waals surface area contributed by atoms with E-state index in [4.69, 9.17) is 4.74 Å². The maximum atomic E-state index is 13.7. The van der Waals surface area contributed by atoms with Gasteiger partial charge >= 0.3 is 6.18 Å². The lowest BCUT2D eigenvalue weighted by Crippen LogP contribution is -2.46. The highest BCUT2D eigenvalue weighted by Gasteiger charge is 2.31. The molecule has 1 heterocycles. The Morgan fingerprint density at radius 2 is 1.60 bits per heavy atom. The molecular formula is C31H32F3N3O3. The number of aromatic amines is 1. The minimum atomic E-state index is -4.50. The molecule has 9 heteroatoms. The number of ether oxygens (including phenoxy) is 1. The van der Waals surface area contributed by atoms with E-state index in [1.54, 1.807) is 25.9 Å². The highest BCUT2D eigenvalue weighted by Crippen LogP contribution is 2.29. The molecule has 0 aliphatic carbocycles. The fourth-order valence-corrected chi connectivity index (χ4v) is 4.63. The molecule has 0 saturated carbocycles. The van der Waals surface area contributed by atoms with E-state index >= 15 is 0 Å². The van der Waals surface area contributed by atoms with E-state index in [1.807, 2.05) is 54.7 Å². The second kappa shape index (κ2) is 12.3. The standard InChI is InChI=1S/C31H32F3N3O3/c1-21(2)37(30(39)22-12-14-25(15-13-22)31(32,33)34)20-29(38)36(19-24-8-4-7-11-28(24)40-3)17-16-23-18-35-27-10-6-5-9-26(23)27/h4-15,18,21,35H,16-17,19-20H2,1-3H3. The number of para-hydroxylation sites is 2. The Morgan fingerprint density at radius 3 is 2.27 bits per heavy atom. The second-order valence-electron chi connectivity index (χ2n) is 9.84. The zero-order valence-electron chi connectivity index (χ0n) is 22.7. The number of hydrogen-bond acceptors (Lipinski definition) is 3. The Bertz CT molecular complexity index is 1460. The molecule has 0 atom stereocenters. The van der Waals surface area contributed by atoms with Gasteiger partial charge in [0.25, 0.3) is 5.91 Å². The number of carbonyl (C=O) groups is 2. The summed E-state index contributed by atoms with van der Waals surface area (Å²) in [5, 5.41) is 1.08. The minimum absolute atomic E-state index is 0.0876. The topological polar surface area (TPSA) is 65.6 Å². The number of nitrogens with one attached hydrogen (secondary N) is 1. The van der Waals surface area contributed by atoms with Crippen LogP contribution in [0.3, 0.4) is 0 Å². The van der Waals surface area contributed by atoms with E-state index in [0.29, 0.717) is 18.7 Å². The normalized spacial score (nSPS) is 11.6. The van der Waals surface area contributed by atoms with Gasteiger partial charge in [-0.3, -0.25) is 9.59 Å². The third-order valence-electron chi connectivity index (χ3n) is 6.88. The molecule has 0 aliphatic rings. The monoisotopic (exact) mass is 551 g/mol. The van der Waals surface area contributed by atoms with Crippen molar-refractivity contribution in [2.45, 2.75) is 39.0 Å². The van der Waals surface area contributed by atoms with Crippen molar-refractivity contribution in [3.8, 4) is 5.75 Å². The average molecular weight is 552 g/mol. The quantitative estimate of drug-likeness (QED) is 0.251. The number of amides is 2. The molecule has 0 fully saturated rings. The van der Waals surface area contributed by atoms with Crippen molar-refractivity contribution >= 4 is 22.7 Å².